The first-order valence-electron chi connectivity index (χ1n) is 9.11. The van der Waals surface area contributed by atoms with Gasteiger partial charge in [-0.2, -0.15) is 0 Å². The molecule has 3 amide bonds. The van der Waals surface area contributed by atoms with Gasteiger partial charge in [-0.15, -0.1) is 0 Å². The van der Waals surface area contributed by atoms with Crippen molar-refractivity contribution in [3.8, 4) is 0 Å². The van der Waals surface area contributed by atoms with Crippen LogP contribution in [-0.4, -0.2) is 30.8 Å². The topological polar surface area (TPSA) is 78.5 Å². The number of nitrogens with one attached hydrogen (secondary N) is 2. The van der Waals surface area contributed by atoms with Gasteiger partial charge in [-0.05, 0) is 37.5 Å². The van der Waals surface area contributed by atoms with E-state index in [4.69, 9.17) is 0 Å². The van der Waals surface area contributed by atoms with E-state index in [1.54, 1.807) is 17.0 Å². The third kappa shape index (κ3) is 4.59. The molecule has 2 N–H and O–H groups in total. The van der Waals surface area contributed by atoms with Crippen molar-refractivity contribution in [3.05, 3.63) is 24.3 Å². The summed E-state index contributed by atoms with van der Waals surface area (Å²) >= 11 is 0. The predicted molar refractivity (Wildman–Crippen MR) is 96.2 cm³/mol. The molecule has 0 bridgehead atoms. The SMILES string of the molecule is O=C(CNC(=O)C1CCCCC1)Nc1cccc(N2CCCC2=O)c1. The number of benzene rings is 1. The molecule has 0 radical (unpaired) electrons. The molecule has 134 valence electrons. The fourth-order valence-corrected chi connectivity index (χ4v) is 3.55. The highest BCUT2D eigenvalue weighted by Crippen LogP contribution is 2.25. The number of amides is 3. The van der Waals surface area contributed by atoms with Crippen LogP contribution in [0, 0.1) is 5.92 Å². The van der Waals surface area contributed by atoms with E-state index < -0.39 is 0 Å². The third-order valence-electron chi connectivity index (χ3n) is 4.91. The number of hydrogen-bond donors (Lipinski definition) is 2. The molecule has 1 saturated heterocycles. The van der Waals surface area contributed by atoms with Gasteiger partial charge in [-0.3, -0.25) is 14.4 Å². The minimum absolute atomic E-state index is 0.0220. The van der Waals surface area contributed by atoms with Crippen LogP contribution in [0.1, 0.15) is 44.9 Å². The lowest BCUT2D eigenvalue weighted by Gasteiger charge is -2.20. The molecule has 1 aromatic rings. The zero-order valence-corrected chi connectivity index (χ0v) is 14.4. The molecule has 3 rings (SSSR count). The molecule has 6 nitrogen and oxygen atoms in total. The van der Waals surface area contributed by atoms with Gasteiger partial charge in [0.15, 0.2) is 0 Å². The summed E-state index contributed by atoms with van der Waals surface area (Å²) in [5, 5.41) is 5.52. The maximum atomic E-state index is 12.1. The molecule has 0 atom stereocenters. The molecule has 1 aliphatic carbocycles. The van der Waals surface area contributed by atoms with Crippen LogP contribution in [0.15, 0.2) is 24.3 Å². The summed E-state index contributed by atoms with van der Waals surface area (Å²) in [5.74, 6) is -0.116. The Bertz CT molecular complexity index is 653. The molecule has 1 saturated carbocycles. The van der Waals surface area contributed by atoms with Crippen molar-refractivity contribution in [2.24, 2.45) is 5.92 Å². The minimum atomic E-state index is -0.256. The molecule has 6 heteroatoms. The van der Waals surface area contributed by atoms with Gasteiger partial charge in [-0.1, -0.05) is 25.3 Å². The Morgan fingerprint density at radius 3 is 2.64 bits per heavy atom. The first kappa shape index (κ1) is 17.5. The van der Waals surface area contributed by atoms with Gasteiger partial charge in [0.2, 0.25) is 17.7 Å². The van der Waals surface area contributed by atoms with E-state index in [1.807, 2.05) is 12.1 Å². The van der Waals surface area contributed by atoms with Gasteiger partial charge in [0.1, 0.15) is 0 Å². The van der Waals surface area contributed by atoms with Gasteiger partial charge >= 0.3 is 0 Å². The minimum Gasteiger partial charge on any atom is -0.347 e. The number of carbonyl (C=O) groups is 3. The zero-order chi connectivity index (χ0) is 17.6. The molecule has 0 spiro atoms. The van der Waals surface area contributed by atoms with Crippen molar-refractivity contribution < 1.29 is 14.4 Å². The monoisotopic (exact) mass is 343 g/mol. The summed E-state index contributed by atoms with van der Waals surface area (Å²) in [7, 11) is 0. The fraction of sp³-hybridized carbons (Fsp3) is 0.526. The van der Waals surface area contributed by atoms with E-state index in [0.29, 0.717) is 18.7 Å². The second kappa shape index (κ2) is 8.14. The van der Waals surface area contributed by atoms with Crippen LogP contribution < -0.4 is 15.5 Å². The van der Waals surface area contributed by atoms with Gasteiger partial charge in [-0.25, -0.2) is 0 Å². The number of hydrogen-bond acceptors (Lipinski definition) is 3. The van der Waals surface area contributed by atoms with Crippen molar-refractivity contribution >= 4 is 29.1 Å². The Morgan fingerprint density at radius 2 is 1.92 bits per heavy atom. The van der Waals surface area contributed by atoms with Crippen LogP contribution >= 0.6 is 0 Å². The Hall–Kier alpha value is -2.37. The fourth-order valence-electron chi connectivity index (χ4n) is 3.55. The highest BCUT2D eigenvalue weighted by atomic mass is 16.2. The van der Waals surface area contributed by atoms with Crippen molar-refractivity contribution in [1.29, 1.82) is 0 Å². The van der Waals surface area contributed by atoms with Crippen molar-refractivity contribution in [1.82, 2.24) is 5.32 Å². The zero-order valence-electron chi connectivity index (χ0n) is 14.4. The third-order valence-corrected chi connectivity index (χ3v) is 4.91. The first-order chi connectivity index (χ1) is 12.1. The molecule has 1 heterocycles. The van der Waals surface area contributed by atoms with Crippen molar-refractivity contribution in [3.63, 3.8) is 0 Å². The summed E-state index contributed by atoms with van der Waals surface area (Å²) < 4.78 is 0. The molecule has 25 heavy (non-hydrogen) atoms. The maximum Gasteiger partial charge on any atom is 0.243 e. The average Bonchev–Trinajstić information content (AvgIpc) is 3.06. The summed E-state index contributed by atoms with van der Waals surface area (Å²) in [6.07, 6.45) is 6.64. The smallest absolute Gasteiger partial charge is 0.243 e. The summed E-state index contributed by atoms with van der Waals surface area (Å²) in [6.45, 7) is 0.690. The molecule has 1 aromatic carbocycles. The van der Waals surface area contributed by atoms with Gasteiger partial charge in [0.25, 0.3) is 0 Å². The highest BCUT2D eigenvalue weighted by molar-refractivity contribution is 5.98. The number of nitrogens with zero attached hydrogens (tertiary/aromatic N) is 1. The maximum absolute atomic E-state index is 12.1. The van der Waals surface area contributed by atoms with Crippen LogP contribution in [0.25, 0.3) is 0 Å². The van der Waals surface area contributed by atoms with E-state index in [2.05, 4.69) is 10.6 Å². The van der Waals surface area contributed by atoms with Crippen LogP contribution in [0.4, 0.5) is 11.4 Å². The number of anilines is 2. The lowest BCUT2D eigenvalue weighted by atomic mass is 9.89. The molecule has 2 aliphatic rings. The van der Waals surface area contributed by atoms with E-state index in [9.17, 15) is 14.4 Å². The molecular weight excluding hydrogens is 318 g/mol. The van der Waals surface area contributed by atoms with Crippen LogP contribution in [-0.2, 0) is 14.4 Å². The second-order valence-corrected chi connectivity index (χ2v) is 6.80. The first-order valence-corrected chi connectivity index (χ1v) is 9.11. The lowest BCUT2D eigenvalue weighted by Crippen LogP contribution is -2.37. The quantitative estimate of drug-likeness (QED) is 0.862. The Balaban J connectivity index is 1.50. The van der Waals surface area contributed by atoms with Crippen LogP contribution in [0.5, 0.6) is 0 Å². The standard InChI is InChI=1S/C19H25N3O3/c23-17(13-20-19(25)14-6-2-1-3-7-14)21-15-8-4-9-16(12-15)22-11-5-10-18(22)24/h4,8-9,12,14H,1-3,5-7,10-11,13H2,(H,20,25)(H,21,23). The number of rotatable bonds is 5. The van der Waals surface area contributed by atoms with Gasteiger partial charge in [0.05, 0.1) is 6.54 Å². The van der Waals surface area contributed by atoms with E-state index in [1.165, 1.54) is 6.42 Å². The van der Waals surface area contributed by atoms with E-state index in [-0.39, 0.29) is 30.2 Å². The summed E-state index contributed by atoms with van der Waals surface area (Å²) in [4.78, 5) is 37.7. The summed E-state index contributed by atoms with van der Waals surface area (Å²) in [6, 6.07) is 7.26. The lowest BCUT2D eigenvalue weighted by molar-refractivity contribution is -0.128. The molecular formula is C19H25N3O3. The number of carbonyl (C=O) groups excluding carboxylic acids is 3. The van der Waals surface area contributed by atoms with Crippen LogP contribution in [0.3, 0.4) is 0 Å². The normalized spacial score (nSPS) is 18.2. The van der Waals surface area contributed by atoms with Crippen molar-refractivity contribution in [2.45, 2.75) is 44.9 Å². The Morgan fingerprint density at radius 1 is 1.12 bits per heavy atom. The van der Waals surface area contributed by atoms with Gasteiger partial charge < -0.3 is 15.5 Å². The van der Waals surface area contributed by atoms with Gasteiger partial charge in [0, 0.05) is 30.3 Å². The predicted octanol–water partition coefficient (Wildman–Crippen LogP) is 2.45. The molecule has 2 fully saturated rings. The van der Waals surface area contributed by atoms with E-state index in [0.717, 1.165) is 37.8 Å². The van der Waals surface area contributed by atoms with Crippen molar-refractivity contribution in [2.75, 3.05) is 23.3 Å². The highest BCUT2D eigenvalue weighted by Gasteiger charge is 2.22. The molecule has 0 unspecified atom stereocenters. The van der Waals surface area contributed by atoms with Crippen LogP contribution in [0.2, 0.25) is 0 Å². The average molecular weight is 343 g/mol. The Kier molecular flexibility index (Phi) is 5.68. The second-order valence-electron chi connectivity index (χ2n) is 6.80. The molecule has 1 aliphatic heterocycles. The summed E-state index contributed by atoms with van der Waals surface area (Å²) in [5.41, 5.74) is 1.43. The largest absolute Gasteiger partial charge is 0.347 e. The molecule has 0 aromatic heterocycles. The van der Waals surface area contributed by atoms with E-state index >= 15 is 0 Å². The Labute approximate surface area is 148 Å².